The molecule has 0 aromatic carbocycles. The van der Waals surface area contributed by atoms with Gasteiger partial charge < -0.3 is 14.2 Å². The molecule has 1 unspecified atom stereocenters. The van der Waals surface area contributed by atoms with Gasteiger partial charge in [-0.2, -0.15) is 0 Å². The van der Waals surface area contributed by atoms with Gasteiger partial charge in [-0.05, 0) is 24.2 Å². The maximum Gasteiger partial charge on any atom is 0.312 e. The highest BCUT2D eigenvalue weighted by Gasteiger charge is 2.48. The first-order valence-corrected chi connectivity index (χ1v) is 9.48. The lowest BCUT2D eigenvalue weighted by Gasteiger charge is -2.44. The van der Waals surface area contributed by atoms with E-state index in [1.807, 2.05) is 6.92 Å². The summed E-state index contributed by atoms with van der Waals surface area (Å²) >= 11 is 0. The Bertz CT molecular complexity index is 388. The molecule has 0 bridgehead atoms. The summed E-state index contributed by atoms with van der Waals surface area (Å²) in [5.74, 6) is -0.150. The Balaban J connectivity index is 4.24. The van der Waals surface area contributed by atoms with Crippen LogP contribution in [-0.4, -0.2) is 52.7 Å². The van der Waals surface area contributed by atoms with E-state index in [9.17, 15) is 4.79 Å². The number of rotatable bonds is 14. The molecule has 0 fully saturated rings. The van der Waals surface area contributed by atoms with Crippen LogP contribution in [0, 0.1) is 16.2 Å². The van der Waals surface area contributed by atoms with E-state index in [4.69, 9.17) is 14.2 Å². The molecule has 0 amide bonds. The molecule has 26 heavy (non-hydrogen) atoms. The van der Waals surface area contributed by atoms with E-state index < -0.39 is 5.41 Å². The van der Waals surface area contributed by atoms with Crippen molar-refractivity contribution in [1.29, 1.82) is 0 Å². The molecule has 0 aliphatic rings. The molecule has 1 atom stereocenters. The number of hydrogen-bond donors (Lipinski definition) is 0. The molecular formula is C20H40O6. The second-order valence-corrected chi connectivity index (χ2v) is 8.63. The Morgan fingerprint density at radius 1 is 0.808 bits per heavy atom. The van der Waals surface area contributed by atoms with E-state index in [1.54, 1.807) is 0 Å². The monoisotopic (exact) mass is 376 g/mol. The van der Waals surface area contributed by atoms with Crippen molar-refractivity contribution >= 4 is 5.97 Å². The largest absolute Gasteiger partial charge is 0.463 e. The summed E-state index contributed by atoms with van der Waals surface area (Å²) in [6.07, 6.45) is 1.81. The van der Waals surface area contributed by atoms with Crippen LogP contribution in [-0.2, 0) is 28.8 Å². The van der Waals surface area contributed by atoms with E-state index in [0.29, 0.717) is 33.0 Å². The molecule has 0 saturated carbocycles. The van der Waals surface area contributed by atoms with Gasteiger partial charge >= 0.3 is 5.97 Å². The number of carbonyl (C=O) groups is 1. The highest BCUT2D eigenvalue weighted by atomic mass is 17.2. The summed E-state index contributed by atoms with van der Waals surface area (Å²) in [4.78, 5) is 21.9. The van der Waals surface area contributed by atoms with E-state index in [-0.39, 0.29) is 23.4 Å². The number of ether oxygens (including phenoxy) is 3. The molecule has 0 saturated heterocycles. The quantitative estimate of drug-likeness (QED) is 0.197. The number of hydrogen-bond acceptors (Lipinski definition) is 6. The molecule has 0 aliphatic heterocycles. The minimum atomic E-state index is -0.545. The van der Waals surface area contributed by atoms with Crippen molar-refractivity contribution in [2.75, 3.05) is 46.8 Å². The van der Waals surface area contributed by atoms with Crippen molar-refractivity contribution in [2.24, 2.45) is 16.2 Å². The van der Waals surface area contributed by atoms with Crippen molar-refractivity contribution in [3.05, 3.63) is 0 Å². The Kier molecular flexibility index (Phi) is 11.6. The SMILES string of the molecule is CCC(C)(C)CC(C)(C(=O)OCCOCCOCCOOC)C(C)(C)C. The highest BCUT2D eigenvalue weighted by Crippen LogP contribution is 2.48. The van der Waals surface area contributed by atoms with Crippen LogP contribution in [0.25, 0.3) is 0 Å². The third-order valence-electron chi connectivity index (χ3n) is 5.16. The lowest BCUT2D eigenvalue weighted by molar-refractivity contribution is -0.277. The van der Waals surface area contributed by atoms with Gasteiger partial charge in [0.05, 0.1) is 39.0 Å². The van der Waals surface area contributed by atoms with Gasteiger partial charge in [-0.15, -0.1) is 0 Å². The van der Waals surface area contributed by atoms with Crippen LogP contribution in [0.3, 0.4) is 0 Å². The van der Waals surface area contributed by atoms with Gasteiger partial charge in [0.1, 0.15) is 13.2 Å². The van der Waals surface area contributed by atoms with Gasteiger partial charge in [0.25, 0.3) is 0 Å². The number of carbonyl (C=O) groups excluding carboxylic acids is 1. The standard InChI is InChI=1S/C20H40O6/c1-9-19(5,6)16-20(7,18(2,3)4)17(21)25-14-12-23-10-11-24-13-15-26-22-8/h9-16H2,1-8H3. The minimum absolute atomic E-state index is 0.0847. The van der Waals surface area contributed by atoms with Crippen LogP contribution >= 0.6 is 0 Å². The zero-order chi connectivity index (χ0) is 20.3. The average molecular weight is 377 g/mol. The first-order chi connectivity index (χ1) is 12.0. The molecule has 0 rings (SSSR count). The topological polar surface area (TPSA) is 63.2 Å². The maximum atomic E-state index is 12.8. The Morgan fingerprint density at radius 3 is 1.77 bits per heavy atom. The lowest BCUT2D eigenvalue weighted by Crippen LogP contribution is -2.45. The molecule has 0 radical (unpaired) electrons. The molecular weight excluding hydrogens is 336 g/mol. The van der Waals surface area contributed by atoms with Crippen LogP contribution in [0.4, 0.5) is 0 Å². The second kappa shape index (κ2) is 11.9. The van der Waals surface area contributed by atoms with Gasteiger partial charge in [-0.25, -0.2) is 9.78 Å². The van der Waals surface area contributed by atoms with E-state index in [0.717, 1.165) is 12.8 Å². The molecule has 6 heteroatoms. The van der Waals surface area contributed by atoms with Crippen molar-refractivity contribution in [1.82, 2.24) is 0 Å². The fourth-order valence-electron chi connectivity index (χ4n) is 2.58. The Labute approximate surface area is 159 Å². The molecule has 156 valence electrons. The van der Waals surface area contributed by atoms with E-state index >= 15 is 0 Å². The number of esters is 1. The van der Waals surface area contributed by atoms with Gasteiger partial charge in [-0.3, -0.25) is 4.79 Å². The van der Waals surface area contributed by atoms with Gasteiger partial charge in [0.15, 0.2) is 0 Å². The highest BCUT2D eigenvalue weighted by molar-refractivity contribution is 5.77. The molecule has 0 heterocycles. The smallest absolute Gasteiger partial charge is 0.312 e. The molecule has 0 aromatic rings. The third-order valence-corrected chi connectivity index (χ3v) is 5.16. The Morgan fingerprint density at radius 2 is 1.31 bits per heavy atom. The zero-order valence-electron chi connectivity index (χ0n) is 18.1. The zero-order valence-corrected chi connectivity index (χ0v) is 18.1. The lowest BCUT2D eigenvalue weighted by atomic mass is 9.60. The maximum absolute atomic E-state index is 12.8. The summed E-state index contributed by atoms with van der Waals surface area (Å²) in [5.41, 5.74) is -0.645. The van der Waals surface area contributed by atoms with Crippen molar-refractivity contribution in [2.45, 2.75) is 61.3 Å². The van der Waals surface area contributed by atoms with Crippen molar-refractivity contribution < 1.29 is 28.8 Å². The average Bonchev–Trinajstić information content (AvgIpc) is 2.54. The first kappa shape index (κ1) is 25.3. The molecule has 0 spiro atoms. The third kappa shape index (κ3) is 9.31. The van der Waals surface area contributed by atoms with Gasteiger partial charge in [-0.1, -0.05) is 48.0 Å². The van der Waals surface area contributed by atoms with E-state index in [1.165, 1.54) is 7.11 Å². The predicted octanol–water partition coefficient (Wildman–Crippen LogP) is 4.02. The van der Waals surface area contributed by atoms with Crippen LogP contribution in [0.5, 0.6) is 0 Å². The van der Waals surface area contributed by atoms with Gasteiger partial charge in [0.2, 0.25) is 0 Å². The fourth-order valence-corrected chi connectivity index (χ4v) is 2.58. The predicted molar refractivity (Wildman–Crippen MR) is 102 cm³/mol. The summed E-state index contributed by atoms with van der Waals surface area (Å²) in [6.45, 7) is 17.2. The molecule has 0 N–H and O–H groups in total. The second-order valence-electron chi connectivity index (χ2n) is 8.63. The Hall–Kier alpha value is -0.690. The fraction of sp³-hybridized carbons (Fsp3) is 0.950. The van der Waals surface area contributed by atoms with Gasteiger partial charge in [0, 0.05) is 0 Å². The van der Waals surface area contributed by atoms with Crippen LogP contribution < -0.4 is 0 Å². The molecule has 6 nitrogen and oxygen atoms in total. The van der Waals surface area contributed by atoms with Crippen molar-refractivity contribution in [3.63, 3.8) is 0 Å². The minimum Gasteiger partial charge on any atom is -0.463 e. The summed E-state index contributed by atoms with van der Waals surface area (Å²) in [6, 6.07) is 0. The molecule has 0 aromatic heterocycles. The van der Waals surface area contributed by atoms with E-state index in [2.05, 4.69) is 51.3 Å². The summed E-state index contributed by atoms with van der Waals surface area (Å²) in [7, 11) is 1.46. The normalized spacial score (nSPS) is 14.9. The van der Waals surface area contributed by atoms with Crippen molar-refractivity contribution in [3.8, 4) is 0 Å². The molecule has 0 aliphatic carbocycles. The van der Waals surface area contributed by atoms with Crippen LogP contribution in [0.1, 0.15) is 61.3 Å². The first-order valence-electron chi connectivity index (χ1n) is 9.48. The van der Waals surface area contributed by atoms with Crippen LogP contribution in [0.2, 0.25) is 0 Å². The van der Waals surface area contributed by atoms with Crippen LogP contribution in [0.15, 0.2) is 0 Å². The summed E-state index contributed by atoms with van der Waals surface area (Å²) in [5, 5.41) is 0. The summed E-state index contributed by atoms with van der Waals surface area (Å²) < 4.78 is 16.3.